The van der Waals surface area contributed by atoms with Gasteiger partial charge in [0.1, 0.15) is 11.5 Å². The summed E-state index contributed by atoms with van der Waals surface area (Å²) in [6, 6.07) is 5.10. The molecule has 0 radical (unpaired) electrons. The second-order valence-corrected chi connectivity index (χ2v) is 4.60. The van der Waals surface area contributed by atoms with E-state index in [0.717, 1.165) is 0 Å². The Labute approximate surface area is 114 Å². The number of aliphatic hydroxyl groups is 2. The molecule has 3 unspecified atom stereocenters. The van der Waals surface area contributed by atoms with Crippen LogP contribution in [0, 0.1) is 0 Å². The van der Waals surface area contributed by atoms with Crippen molar-refractivity contribution in [2.24, 2.45) is 0 Å². The van der Waals surface area contributed by atoms with E-state index < -0.39 is 12.2 Å². The molecule has 1 aromatic carbocycles. The topological polar surface area (TPSA) is 71.0 Å². The summed E-state index contributed by atoms with van der Waals surface area (Å²) in [4.78, 5) is 0. The van der Waals surface area contributed by atoms with Gasteiger partial charge in [-0.3, -0.25) is 0 Å². The minimum absolute atomic E-state index is 0.197. The van der Waals surface area contributed by atoms with Crippen LogP contribution in [0.5, 0.6) is 11.5 Å². The maximum Gasteiger partial charge on any atom is 0.128 e. The van der Waals surface area contributed by atoms with E-state index in [4.69, 9.17) is 9.47 Å². The predicted octanol–water partition coefficient (Wildman–Crippen LogP) is 1.10. The van der Waals surface area contributed by atoms with Crippen molar-refractivity contribution < 1.29 is 19.7 Å². The summed E-state index contributed by atoms with van der Waals surface area (Å²) in [5.41, 5.74) is 0.689. The lowest BCUT2D eigenvalue weighted by Gasteiger charge is -2.23. The van der Waals surface area contributed by atoms with Crippen LogP contribution in [0.3, 0.4) is 0 Å². The lowest BCUT2D eigenvalue weighted by molar-refractivity contribution is 0.118. The molecule has 108 valence electrons. The van der Waals surface area contributed by atoms with Gasteiger partial charge in [-0.1, -0.05) is 0 Å². The van der Waals surface area contributed by atoms with Crippen LogP contribution >= 0.6 is 0 Å². The van der Waals surface area contributed by atoms with Crippen LogP contribution in [0.1, 0.15) is 25.5 Å². The Morgan fingerprint density at radius 2 is 1.84 bits per heavy atom. The van der Waals surface area contributed by atoms with Crippen molar-refractivity contribution in [1.29, 1.82) is 0 Å². The zero-order valence-electron chi connectivity index (χ0n) is 11.9. The van der Waals surface area contributed by atoms with E-state index in [1.54, 1.807) is 39.3 Å². The first kappa shape index (κ1) is 15.8. The van der Waals surface area contributed by atoms with Gasteiger partial charge in [-0.05, 0) is 26.0 Å². The number of methoxy groups -OCH3 is 2. The van der Waals surface area contributed by atoms with Crippen molar-refractivity contribution in [3.8, 4) is 11.5 Å². The van der Waals surface area contributed by atoms with E-state index in [1.807, 2.05) is 6.92 Å². The fraction of sp³-hybridized carbons (Fsp3) is 0.571. The van der Waals surface area contributed by atoms with Gasteiger partial charge in [0.25, 0.3) is 0 Å². The maximum absolute atomic E-state index is 10.3. The van der Waals surface area contributed by atoms with Crippen LogP contribution in [-0.2, 0) is 0 Å². The molecule has 0 spiro atoms. The molecule has 0 saturated carbocycles. The third-order valence-corrected chi connectivity index (χ3v) is 2.97. The highest BCUT2D eigenvalue weighted by molar-refractivity contribution is 5.42. The molecule has 19 heavy (non-hydrogen) atoms. The molecule has 3 N–H and O–H groups in total. The lowest BCUT2D eigenvalue weighted by atomic mass is 10.0. The molecule has 0 aromatic heterocycles. The summed E-state index contributed by atoms with van der Waals surface area (Å²) < 4.78 is 10.4. The van der Waals surface area contributed by atoms with E-state index in [0.29, 0.717) is 23.6 Å². The second kappa shape index (κ2) is 7.33. The molecule has 5 heteroatoms. The monoisotopic (exact) mass is 269 g/mol. The molecule has 5 nitrogen and oxygen atoms in total. The summed E-state index contributed by atoms with van der Waals surface area (Å²) in [6.07, 6.45) is -1.17. The SMILES string of the molecule is COc1ccc(C(O)C(C)NCC(C)O)c(OC)c1. The Kier molecular flexibility index (Phi) is 6.08. The largest absolute Gasteiger partial charge is 0.497 e. The van der Waals surface area contributed by atoms with Gasteiger partial charge in [-0.2, -0.15) is 0 Å². The first-order valence-electron chi connectivity index (χ1n) is 6.31. The van der Waals surface area contributed by atoms with E-state index in [2.05, 4.69) is 5.32 Å². The fourth-order valence-corrected chi connectivity index (χ4v) is 1.80. The normalized spacial score (nSPS) is 15.7. The van der Waals surface area contributed by atoms with Crippen molar-refractivity contribution >= 4 is 0 Å². The summed E-state index contributed by atoms with van der Waals surface area (Å²) in [5.74, 6) is 1.26. The smallest absolute Gasteiger partial charge is 0.128 e. The van der Waals surface area contributed by atoms with Crippen LogP contribution in [0.15, 0.2) is 18.2 Å². The molecule has 1 rings (SSSR count). The standard InChI is InChI=1S/C14H23NO4/c1-9(16)8-15-10(2)14(17)12-6-5-11(18-3)7-13(12)19-4/h5-7,9-10,14-17H,8H2,1-4H3. The Bertz CT molecular complexity index is 395. The number of hydrogen-bond donors (Lipinski definition) is 3. The van der Waals surface area contributed by atoms with Gasteiger partial charge in [0, 0.05) is 24.2 Å². The van der Waals surface area contributed by atoms with Crippen LogP contribution in [0.4, 0.5) is 0 Å². The van der Waals surface area contributed by atoms with Crippen molar-refractivity contribution in [2.45, 2.75) is 32.1 Å². The quantitative estimate of drug-likeness (QED) is 0.691. The van der Waals surface area contributed by atoms with Crippen LogP contribution in [-0.4, -0.2) is 43.1 Å². The van der Waals surface area contributed by atoms with Crippen LogP contribution in [0.25, 0.3) is 0 Å². The Morgan fingerprint density at radius 3 is 2.37 bits per heavy atom. The van der Waals surface area contributed by atoms with Gasteiger partial charge < -0.3 is 25.0 Å². The minimum Gasteiger partial charge on any atom is -0.497 e. The Hall–Kier alpha value is -1.30. The summed E-state index contributed by atoms with van der Waals surface area (Å²) in [7, 11) is 3.14. The van der Waals surface area contributed by atoms with Gasteiger partial charge in [-0.15, -0.1) is 0 Å². The van der Waals surface area contributed by atoms with E-state index in [9.17, 15) is 10.2 Å². The average Bonchev–Trinajstić information content (AvgIpc) is 2.42. The number of ether oxygens (including phenoxy) is 2. The molecule has 3 atom stereocenters. The van der Waals surface area contributed by atoms with Crippen molar-refractivity contribution in [3.05, 3.63) is 23.8 Å². The van der Waals surface area contributed by atoms with E-state index in [-0.39, 0.29) is 6.04 Å². The molecular formula is C14H23NO4. The average molecular weight is 269 g/mol. The van der Waals surface area contributed by atoms with E-state index >= 15 is 0 Å². The lowest BCUT2D eigenvalue weighted by Crippen LogP contribution is -2.36. The number of nitrogens with one attached hydrogen (secondary N) is 1. The Morgan fingerprint density at radius 1 is 1.16 bits per heavy atom. The first-order valence-corrected chi connectivity index (χ1v) is 6.31. The third kappa shape index (κ3) is 4.38. The molecule has 1 aromatic rings. The highest BCUT2D eigenvalue weighted by atomic mass is 16.5. The van der Waals surface area contributed by atoms with Gasteiger partial charge in [0.2, 0.25) is 0 Å². The molecule has 0 aliphatic rings. The molecule has 0 aliphatic carbocycles. The number of rotatable bonds is 7. The second-order valence-electron chi connectivity index (χ2n) is 4.60. The van der Waals surface area contributed by atoms with E-state index in [1.165, 1.54) is 0 Å². The summed E-state index contributed by atoms with van der Waals surface area (Å²) >= 11 is 0. The highest BCUT2D eigenvalue weighted by Crippen LogP contribution is 2.30. The molecule has 0 bridgehead atoms. The summed E-state index contributed by atoms with van der Waals surface area (Å²) in [5, 5.41) is 22.6. The van der Waals surface area contributed by atoms with Gasteiger partial charge >= 0.3 is 0 Å². The minimum atomic E-state index is -0.723. The van der Waals surface area contributed by atoms with Crippen LogP contribution < -0.4 is 14.8 Å². The molecule has 0 aliphatic heterocycles. The third-order valence-electron chi connectivity index (χ3n) is 2.97. The number of benzene rings is 1. The molecular weight excluding hydrogens is 246 g/mol. The van der Waals surface area contributed by atoms with Crippen LogP contribution in [0.2, 0.25) is 0 Å². The number of hydrogen-bond acceptors (Lipinski definition) is 5. The zero-order valence-corrected chi connectivity index (χ0v) is 11.9. The van der Waals surface area contributed by atoms with Gasteiger partial charge in [0.15, 0.2) is 0 Å². The first-order chi connectivity index (χ1) is 8.99. The highest BCUT2D eigenvalue weighted by Gasteiger charge is 2.20. The molecule has 0 heterocycles. The Balaban J connectivity index is 2.83. The van der Waals surface area contributed by atoms with Crippen molar-refractivity contribution in [3.63, 3.8) is 0 Å². The van der Waals surface area contributed by atoms with Crippen molar-refractivity contribution in [2.75, 3.05) is 20.8 Å². The zero-order chi connectivity index (χ0) is 14.4. The number of aliphatic hydroxyl groups excluding tert-OH is 2. The molecule has 0 amide bonds. The predicted molar refractivity (Wildman–Crippen MR) is 73.7 cm³/mol. The van der Waals surface area contributed by atoms with Gasteiger partial charge in [0.05, 0.1) is 26.4 Å². The molecule has 0 fully saturated rings. The van der Waals surface area contributed by atoms with Gasteiger partial charge in [-0.25, -0.2) is 0 Å². The molecule has 0 saturated heterocycles. The summed E-state index contributed by atoms with van der Waals surface area (Å²) in [6.45, 7) is 3.98. The van der Waals surface area contributed by atoms with Crippen molar-refractivity contribution in [1.82, 2.24) is 5.32 Å². The maximum atomic E-state index is 10.3. The fourth-order valence-electron chi connectivity index (χ4n) is 1.80.